The van der Waals surface area contributed by atoms with Gasteiger partial charge in [0.25, 0.3) is 0 Å². The number of aliphatic hydroxyl groups is 1. The van der Waals surface area contributed by atoms with Crippen LogP contribution in [0.4, 0.5) is 0 Å². The summed E-state index contributed by atoms with van der Waals surface area (Å²) in [6, 6.07) is 0. The summed E-state index contributed by atoms with van der Waals surface area (Å²) in [4.78, 5) is 10.3. The molecule has 0 aromatic heterocycles. The number of carbonyl (C=O) groups is 1. The van der Waals surface area contributed by atoms with Gasteiger partial charge in [-0.25, -0.2) is 0 Å². The van der Waals surface area contributed by atoms with Gasteiger partial charge in [0.1, 0.15) is 0 Å². The minimum atomic E-state index is -0.627. The zero-order valence-electron chi connectivity index (χ0n) is 5.63. The minimum absolute atomic E-state index is 0.246. The van der Waals surface area contributed by atoms with E-state index >= 15 is 0 Å². The second-order valence-corrected chi connectivity index (χ2v) is 2.75. The Bertz CT molecular complexity index is 144. The summed E-state index contributed by atoms with van der Waals surface area (Å²) in [5.74, 6) is -0.431. The average molecular weight is 209 g/mol. The monoisotopic (exact) mass is 208 g/mol. The van der Waals surface area contributed by atoms with Gasteiger partial charge >= 0.3 is 5.97 Å². The van der Waals surface area contributed by atoms with Crippen molar-refractivity contribution in [1.29, 1.82) is 0 Å². The van der Waals surface area contributed by atoms with Gasteiger partial charge in [-0.05, 0) is 0 Å². The fourth-order valence-electron chi connectivity index (χ4n) is 0.401. The van der Waals surface area contributed by atoms with E-state index in [0.717, 1.165) is 0 Å². The molecule has 0 aromatic rings. The van der Waals surface area contributed by atoms with Crippen molar-refractivity contribution in [3.05, 3.63) is 11.1 Å². The summed E-state index contributed by atoms with van der Waals surface area (Å²) < 4.78 is 5.09. The van der Waals surface area contributed by atoms with Crippen molar-refractivity contribution in [2.75, 3.05) is 6.61 Å². The molecule has 1 atom stereocenters. The van der Waals surface area contributed by atoms with Crippen molar-refractivity contribution in [2.45, 2.75) is 13.0 Å². The fraction of sp³-hybridized carbons (Fsp3) is 0.500. The average Bonchev–Trinajstić information content (AvgIpc) is 1.81. The van der Waals surface area contributed by atoms with Crippen molar-refractivity contribution < 1.29 is 14.6 Å². The molecule has 0 spiro atoms. The van der Waals surface area contributed by atoms with Crippen molar-refractivity contribution in [2.24, 2.45) is 0 Å². The van der Waals surface area contributed by atoms with Crippen LogP contribution in [0.25, 0.3) is 0 Å². The first-order chi connectivity index (χ1) is 4.57. The van der Waals surface area contributed by atoms with Crippen molar-refractivity contribution in [3.63, 3.8) is 0 Å². The van der Waals surface area contributed by atoms with E-state index in [2.05, 4.69) is 27.2 Å². The Hall–Kier alpha value is -0.350. The van der Waals surface area contributed by atoms with Crippen LogP contribution in [0.3, 0.4) is 0 Å². The maximum Gasteiger partial charge on any atom is 0.303 e. The molecule has 0 amide bonds. The SMILES string of the molecule is C=C(Br)[C@H](CO)OC(C)=O. The van der Waals surface area contributed by atoms with Gasteiger partial charge in [-0.2, -0.15) is 0 Å². The van der Waals surface area contributed by atoms with Gasteiger partial charge in [-0.15, -0.1) is 0 Å². The van der Waals surface area contributed by atoms with Crippen molar-refractivity contribution in [3.8, 4) is 0 Å². The highest BCUT2D eigenvalue weighted by Gasteiger charge is 2.11. The predicted octanol–water partition coefficient (Wildman–Crippen LogP) is 0.819. The number of halogens is 1. The molecule has 0 heterocycles. The number of rotatable bonds is 3. The number of hydrogen-bond acceptors (Lipinski definition) is 3. The summed E-state index contributed by atoms with van der Waals surface area (Å²) in [6.07, 6.45) is -0.627. The third-order valence-corrected chi connectivity index (χ3v) is 1.33. The normalized spacial score (nSPS) is 12.3. The Kier molecular flexibility index (Phi) is 4.31. The van der Waals surface area contributed by atoms with Gasteiger partial charge in [0.2, 0.25) is 0 Å². The molecular formula is C6H9BrO3. The third-order valence-electron chi connectivity index (χ3n) is 0.823. The first-order valence-corrected chi connectivity index (χ1v) is 3.49. The predicted molar refractivity (Wildman–Crippen MR) is 40.7 cm³/mol. The molecule has 0 rings (SSSR count). The minimum Gasteiger partial charge on any atom is -0.455 e. The quantitative estimate of drug-likeness (QED) is 0.700. The fourth-order valence-corrected chi connectivity index (χ4v) is 0.639. The third kappa shape index (κ3) is 3.63. The number of ether oxygens (including phenoxy) is 1. The van der Waals surface area contributed by atoms with Gasteiger partial charge in [0, 0.05) is 11.4 Å². The van der Waals surface area contributed by atoms with Crippen LogP contribution in [0.2, 0.25) is 0 Å². The molecular weight excluding hydrogens is 200 g/mol. The zero-order valence-corrected chi connectivity index (χ0v) is 7.22. The van der Waals surface area contributed by atoms with Gasteiger partial charge in [-0.1, -0.05) is 22.5 Å². The molecule has 4 heteroatoms. The summed E-state index contributed by atoms with van der Waals surface area (Å²) in [5, 5.41) is 8.58. The van der Waals surface area contributed by atoms with Gasteiger partial charge in [-0.3, -0.25) is 4.79 Å². The Labute approximate surface area is 67.8 Å². The standard InChI is InChI=1S/C6H9BrO3/c1-4(7)6(3-8)10-5(2)9/h6,8H,1,3H2,2H3/t6-/m0/s1. The Balaban J connectivity index is 3.83. The van der Waals surface area contributed by atoms with Crippen LogP contribution in [0.5, 0.6) is 0 Å². The van der Waals surface area contributed by atoms with Crippen molar-refractivity contribution in [1.82, 2.24) is 0 Å². The van der Waals surface area contributed by atoms with Crippen LogP contribution >= 0.6 is 15.9 Å². The Morgan fingerprint density at radius 1 is 1.90 bits per heavy atom. The van der Waals surface area contributed by atoms with Crippen LogP contribution < -0.4 is 0 Å². The van der Waals surface area contributed by atoms with Crippen LogP contribution in [-0.2, 0) is 9.53 Å². The summed E-state index contributed by atoms with van der Waals surface area (Å²) >= 11 is 3.00. The molecule has 0 aliphatic rings. The maximum absolute atomic E-state index is 10.3. The van der Waals surface area contributed by atoms with E-state index in [-0.39, 0.29) is 6.61 Å². The second-order valence-electron chi connectivity index (χ2n) is 1.73. The number of esters is 1. The van der Waals surface area contributed by atoms with E-state index in [0.29, 0.717) is 4.48 Å². The highest BCUT2D eigenvalue weighted by Crippen LogP contribution is 2.10. The molecule has 0 aromatic carbocycles. The molecule has 0 aliphatic carbocycles. The van der Waals surface area contributed by atoms with E-state index in [4.69, 9.17) is 5.11 Å². The maximum atomic E-state index is 10.3. The largest absolute Gasteiger partial charge is 0.455 e. The number of hydrogen-bond donors (Lipinski definition) is 1. The van der Waals surface area contributed by atoms with Crippen LogP contribution in [0.1, 0.15) is 6.92 Å². The molecule has 1 N–H and O–H groups in total. The van der Waals surface area contributed by atoms with Gasteiger partial charge < -0.3 is 9.84 Å². The molecule has 0 saturated carbocycles. The lowest BCUT2D eigenvalue weighted by molar-refractivity contribution is -0.145. The molecule has 10 heavy (non-hydrogen) atoms. The molecule has 0 bridgehead atoms. The van der Waals surface area contributed by atoms with Gasteiger partial charge in [0.15, 0.2) is 6.10 Å². The molecule has 0 radical (unpaired) electrons. The zero-order chi connectivity index (χ0) is 8.15. The van der Waals surface area contributed by atoms with E-state index in [1.807, 2.05) is 0 Å². The van der Waals surface area contributed by atoms with Crippen LogP contribution in [0, 0.1) is 0 Å². The van der Waals surface area contributed by atoms with Crippen LogP contribution in [-0.4, -0.2) is 23.8 Å². The lowest BCUT2D eigenvalue weighted by atomic mass is 10.4. The first kappa shape index (κ1) is 9.65. The number of aliphatic hydroxyl groups excluding tert-OH is 1. The smallest absolute Gasteiger partial charge is 0.303 e. The molecule has 0 saturated heterocycles. The number of carbonyl (C=O) groups excluding carboxylic acids is 1. The highest BCUT2D eigenvalue weighted by molar-refractivity contribution is 9.11. The van der Waals surface area contributed by atoms with E-state index < -0.39 is 12.1 Å². The van der Waals surface area contributed by atoms with E-state index in [1.165, 1.54) is 6.92 Å². The Morgan fingerprint density at radius 3 is 2.50 bits per heavy atom. The topological polar surface area (TPSA) is 46.5 Å². The molecule has 0 unspecified atom stereocenters. The van der Waals surface area contributed by atoms with Gasteiger partial charge in [0.05, 0.1) is 6.61 Å². The summed E-state index contributed by atoms with van der Waals surface area (Å²) in [5.41, 5.74) is 0. The Morgan fingerprint density at radius 2 is 2.40 bits per heavy atom. The summed E-state index contributed by atoms with van der Waals surface area (Å²) in [7, 11) is 0. The second kappa shape index (κ2) is 4.46. The van der Waals surface area contributed by atoms with E-state index in [1.54, 1.807) is 0 Å². The molecule has 0 fully saturated rings. The van der Waals surface area contributed by atoms with Crippen LogP contribution in [0.15, 0.2) is 11.1 Å². The van der Waals surface area contributed by atoms with E-state index in [9.17, 15) is 4.79 Å². The first-order valence-electron chi connectivity index (χ1n) is 2.70. The summed E-state index contributed by atoms with van der Waals surface area (Å²) in [6.45, 7) is 4.49. The lowest BCUT2D eigenvalue weighted by Crippen LogP contribution is -2.19. The van der Waals surface area contributed by atoms with Crippen molar-refractivity contribution >= 4 is 21.9 Å². The molecule has 58 valence electrons. The molecule has 3 nitrogen and oxygen atoms in total. The highest BCUT2D eigenvalue weighted by atomic mass is 79.9. The lowest BCUT2D eigenvalue weighted by Gasteiger charge is -2.11. The molecule has 0 aliphatic heterocycles.